The molecule has 2 aromatic heterocycles. The molecule has 0 atom stereocenters. The maximum Gasteiger partial charge on any atom is -0.00934 e. The van der Waals surface area contributed by atoms with Crippen LogP contribution >= 0.6 is 22.7 Å². The topological polar surface area (TPSA) is 0 Å². The van der Waals surface area contributed by atoms with Gasteiger partial charge in [0.2, 0.25) is 0 Å². The molecule has 0 radical (unpaired) electrons. The van der Waals surface area contributed by atoms with Gasteiger partial charge in [0.15, 0.2) is 0 Å². The van der Waals surface area contributed by atoms with Gasteiger partial charge in [0, 0.05) is 0 Å². The average molecular weight is 188 g/mol. The first-order valence-corrected chi connectivity index (χ1v) is 4.83. The van der Waals surface area contributed by atoms with Crippen molar-refractivity contribution < 1.29 is 4.70 Å². The summed E-state index contributed by atoms with van der Waals surface area (Å²) in [5.41, 5.74) is 0. The van der Waals surface area contributed by atoms with Crippen LogP contribution in [0.1, 0.15) is 0 Å². The van der Waals surface area contributed by atoms with Crippen LogP contribution in [-0.4, -0.2) is 0 Å². The van der Waals surface area contributed by atoms with Crippen molar-refractivity contribution in [3.8, 4) is 0 Å². The van der Waals surface area contributed by atoms with Crippen LogP contribution in [0, 0.1) is 0 Å². The molecule has 0 nitrogen and oxygen atoms in total. The fraction of sp³-hybridized carbons (Fsp3) is 0. The molecule has 0 saturated carbocycles. The van der Waals surface area contributed by atoms with Crippen LogP contribution in [0.4, 0.5) is 4.70 Å². The number of thiophene rings is 2. The van der Waals surface area contributed by atoms with Crippen molar-refractivity contribution in [2.24, 2.45) is 0 Å². The predicted octanol–water partition coefficient (Wildman–Crippen LogP) is 3.65. The van der Waals surface area contributed by atoms with Crippen molar-refractivity contribution in [3.63, 3.8) is 0 Å². The van der Waals surface area contributed by atoms with Gasteiger partial charge in [0.25, 0.3) is 0 Å². The molecule has 0 spiro atoms. The lowest BCUT2D eigenvalue weighted by Gasteiger charge is -1.39. The molecule has 0 amide bonds. The predicted molar refractivity (Wildman–Crippen MR) is 51.1 cm³/mol. The number of rotatable bonds is 0. The van der Waals surface area contributed by atoms with E-state index in [2.05, 4.69) is 0 Å². The maximum atomic E-state index is 2.04. The zero-order chi connectivity index (χ0) is 7.07. The summed E-state index contributed by atoms with van der Waals surface area (Å²) in [6.45, 7) is 0. The third-order valence-corrected chi connectivity index (χ3v) is 2.11. The van der Waals surface area contributed by atoms with Crippen molar-refractivity contribution in [2.45, 2.75) is 0 Å². The van der Waals surface area contributed by atoms with Crippen molar-refractivity contribution in [3.05, 3.63) is 45.8 Å². The zero-order valence-corrected chi connectivity index (χ0v) is 7.48. The van der Waals surface area contributed by atoms with Crippen molar-refractivity contribution in [2.75, 3.05) is 0 Å². The highest BCUT2D eigenvalue weighted by Gasteiger charge is 1.59. The first-order valence-electron chi connectivity index (χ1n) is 2.94. The molecule has 2 heterocycles. The van der Waals surface area contributed by atoms with Crippen LogP contribution < -0.4 is 0 Å². The molecular formula is C8H9FS2. The molecule has 11 heavy (non-hydrogen) atoms. The second-order valence-corrected chi connectivity index (χ2v) is 3.22. The molecule has 3 heteroatoms. The molecule has 0 fully saturated rings. The molecule has 0 N–H and O–H groups in total. The van der Waals surface area contributed by atoms with Gasteiger partial charge in [-0.2, -0.15) is 22.7 Å². The van der Waals surface area contributed by atoms with Crippen LogP contribution in [-0.2, 0) is 0 Å². The number of hydrogen-bond donors (Lipinski definition) is 0. The van der Waals surface area contributed by atoms with Crippen LogP contribution in [0.15, 0.2) is 45.8 Å². The van der Waals surface area contributed by atoms with Gasteiger partial charge in [-0.15, -0.1) is 0 Å². The molecule has 0 aliphatic carbocycles. The third-order valence-electron chi connectivity index (χ3n) is 0.851. The van der Waals surface area contributed by atoms with E-state index in [0.29, 0.717) is 0 Å². The van der Waals surface area contributed by atoms with Crippen LogP contribution in [0.3, 0.4) is 0 Å². The highest BCUT2D eigenvalue weighted by molar-refractivity contribution is 7.08. The van der Waals surface area contributed by atoms with Gasteiger partial charge < -0.3 is 0 Å². The van der Waals surface area contributed by atoms with Gasteiger partial charge in [-0.25, -0.2) is 0 Å². The Kier molecular flexibility index (Phi) is 6.98. The summed E-state index contributed by atoms with van der Waals surface area (Å²) in [7, 11) is 0. The van der Waals surface area contributed by atoms with E-state index in [9.17, 15) is 0 Å². The molecular weight excluding hydrogens is 179 g/mol. The lowest BCUT2D eigenvalue weighted by Crippen LogP contribution is -1.16. The van der Waals surface area contributed by atoms with Gasteiger partial charge >= 0.3 is 0 Å². The largest absolute Gasteiger partial charge is 0.269 e. The fourth-order valence-corrected chi connectivity index (χ4v) is 1.36. The van der Waals surface area contributed by atoms with Crippen LogP contribution in [0.25, 0.3) is 0 Å². The number of hydrogen-bond acceptors (Lipinski definition) is 2. The summed E-state index contributed by atoms with van der Waals surface area (Å²) >= 11 is 3.43. The maximum absolute atomic E-state index is 2.04. The van der Waals surface area contributed by atoms with Crippen molar-refractivity contribution in [1.29, 1.82) is 0 Å². The first-order chi connectivity index (χ1) is 5.00. The minimum Gasteiger partial charge on any atom is -0.269 e. The van der Waals surface area contributed by atoms with E-state index < -0.39 is 0 Å². The Bertz CT molecular complexity index is 151. The molecule has 2 rings (SSSR count). The SMILES string of the molecule is F.c1ccsc1.c1ccsc1. The lowest BCUT2D eigenvalue weighted by atomic mass is 10.7. The monoisotopic (exact) mass is 188 g/mol. The highest BCUT2D eigenvalue weighted by atomic mass is 32.1. The van der Waals surface area contributed by atoms with Crippen LogP contribution in [0.2, 0.25) is 0 Å². The fourth-order valence-electron chi connectivity index (χ4n) is 0.454. The van der Waals surface area contributed by atoms with E-state index in [-0.39, 0.29) is 4.70 Å². The minimum atomic E-state index is 0. The molecule has 0 aliphatic rings. The van der Waals surface area contributed by atoms with E-state index >= 15 is 0 Å². The van der Waals surface area contributed by atoms with E-state index in [1.807, 2.05) is 45.8 Å². The highest BCUT2D eigenvalue weighted by Crippen LogP contribution is 1.92. The summed E-state index contributed by atoms with van der Waals surface area (Å²) in [5.74, 6) is 0. The standard InChI is InChI=1S/2C4H4S.FH/c2*1-2-4-5-3-1;/h2*1-4H;1H. The summed E-state index contributed by atoms with van der Waals surface area (Å²) in [6.07, 6.45) is 0. The Morgan fingerprint density at radius 1 is 0.545 bits per heavy atom. The molecule has 2 aromatic rings. The Balaban J connectivity index is 0.000000167. The van der Waals surface area contributed by atoms with E-state index in [1.165, 1.54) is 0 Å². The first kappa shape index (κ1) is 10.3. The van der Waals surface area contributed by atoms with Crippen molar-refractivity contribution in [1.82, 2.24) is 0 Å². The smallest absolute Gasteiger partial charge is 0.00934 e. The average Bonchev–Trinajstić information content (AvgIpc) is 2.67. The third kappa shape index (κ3) is 5.76. The zero-order valence-electron chi connectivity index (χ0n) is 5.84. The van der Waals surface area contributed by atoms with Gasteiger partial charge in [-0.1, -0.05) is 24.3 Å². The number of halogens is 1. The molecule has 60 valence electrons. The normalized spacial score (nSPS) is 7.27. The Morgan fingerprint density at radius 3 is 0.909 bits per heavy atom. The van der Waals surface area contributed by atoms with Gasteiger partial charge in [0.1, 0.15) is 0 Å². The molecule has 0 saturated heterocycles. The Labute approximate surface area is 73.5 Å². The lowest BCUT2D eigenvalue weighted by molar-refractivity contribution is 1.11. The van der Waals surface area contributed by atoms with Gasteiger partial charge in [0.05, 0.1) is 0 Å². The van der Waals surface area contributed by atoms with Crippen molar-refractivity contribution >= 4 is 22.7 Å². The van der Waals surface area contributed by atoms with Crippen LogP contribution in [0.5, 0.6) is 0 Å². The summed E-state index contributed by atoms with van der Waals surface area (Å²) in [6, 6.07) is 8.07. The Morgan fingerprint density at radius 2 is 0.818 bits per heavy atom. The molecule has 0 unspecified atom stereocenters. The van der Waals surface area contributed by atoms with E-state index in [0.717, 1.165) is 0 Å². The quantitative estimate of drug-likeness (QED) is 0.592. The summed E-state index contributed by atoms with van der Waals surface area (Å²) < 4.78 is 0. The minimum absolute atomic E-state index is 0. The second-order valence-electron chi connectivity index (χ2n) is 1.59. The van der Waals surface area contributed by atoms with Gasteiger partial charge in [-0.05, 0) is 21.5 Å². The molecule has 0 aromatic carbocycles. The Hall–Kier alpha value is -0.670. The van der Waals surface area contributed by atoms with Gasteiger partial charge in [-0.3, -0.25) is 4.70 Å². The summed E-state index contributed by atoms with van der Waals surface area (Å²) in [5, 5.41) is 8.17. The van der Waals surface area contributed by atoms with E-state index in [1.54, 1.807) is 22.7 Å². The molecule has 0 bridgehead atoms. The molecule has 0 aliphatic heterocycles. The van der Waals surface area contributed by atoms with E-state index in [4.69, 9.17) is 0 Å². The second kappa shape index (κ2) is 7.44. The summed E-state index contributed by atoms with van der Waals surface area (Å²) in [4.78, 5) is 0.